The first kappa shape index (κ1) is 14.2. The van der Waals surface area contributed by atoms with Gasteiger partial charge in [-0.25, -0.2) is 4.79 Å². The molecule has 1 N–H and O–H groups in total. The Balaban J connectivity index is 4.10. The fraction of sp³-hybridized carbons (Fsp3) is 0.750. The molecule has 0 rings (SSSR count). The molecule has 0 atom stereocenters. The van der Waals surface area contributed by atoms with Crippen LogP contribution in [0.5, 0.6) is 0 Å². The molecule has 0 unspecified atom stereocenters. The van der Waals surface area contributed by atoms with Gasteiger partial charge in [-0.05, 0) is 32.8 Å². The van der Waals surface area contributed by atoms with E-state index in [1.165, 1.54) is 6.08 Å². The van der Waals surface area contributed by atoms with Crippen molar-refractivity contribution in [2.45, 2.75) is 52.6 Å². The lowest BCUT2D eigenvalue weighted by molar-refractivity contribution is -0.131. The molecule has 0 bridgehead atoms. The van der Waals surface area contributed by atoms with E-state index in [4.69, 9.17) is 9.84 Å². The number of carbonyl (C=O) groups is 1. The van der Waals surface area contributed by atoms with Crippen LogP contribution in [0.25, 0.3) is 0 Å². The van der Waals surface area contributed by atoms with Crippen molar-refractivity contribution in [3.8, 4) is 0 Å². The van der Waals surface area contributed by atoms with Gasteiger partial charge in [0.2, 0.25) is 0 Å². The summed E-state index contributed by atoms with van der Waals surface area (Å²) in [6, 6.07) is 0. The Labute approximate surface area is 92.1 Å². The van der Waals surface area contributed by atoms with Gasteiger partial charge in [0.1, 0.15) is 0 Å². The zero-order valence-electron chi connectivity index (χ0n) is 10.2. The van der Waals surface area contributed by atoms with E-state index in [0.717, 1.165) is 24.8 Å². The van der Waals surface area contributed by atoms with Crippen LogP contribution in [-0.4, -0.2) is 23.3 Å². The summed E-state index contributed by atoms with van der Waals surface area (Å²) in [4.78, 5) is 10.5. The van der Waals surface area contributed by atoms with Crippen LogP contribution in [-0.2, 0) is 9.53 Å². The van der Waals surface area contributed by atoms with Crippen molar-refractivity contribution in [2.24, 2.45) is 0 Å². The fourth-order valence-corrected chi connectivity index (χ4v) is 1.15. The van der Waals surface area contributed by atoms with Crippen molar-refractivity contribution in [1.29, 1.82) is 0 Å². The molecule has 0 fully saturated rings. The van der Waals surface area contributed by atoms with Crippen molar-refractivity contribution in [3.63, 3.8) is 0 Å². The number of hydrogen-bond donors (Lipinski definition) is 1. The molecule has 0 aromatic carbocycles. The highest BCUT2D eigenvalue weighted by atomic mass is 16.5. The summed E-state index contributed by atoms with van der Waals surface area (Å²) in [5.74, 6) is -0.919. The third kappa shape index (κ3) is 6.28. The van der Waals surface area contributed by atoms with Crippen molar-refractivity contribution in [1.82, 2.24) is 0 Å². The summed E-state index contributed by atoms with van der Waals surface area (Å²) in [6.45, 7) is 8.40. The van der Waals surface area contributed by atoms with Crippen LogP contribution in [0.1, 0.15) is 47.0 Å². The first-order chi connectivity index (χ1) is 6.90. The molecule has 0 spiro atoms. The molecule has 0 aliphatic rings. The maximum atomic E-state index is 10.5. The molecule has 0 aliphatic heterocycles. The number of carboxylic acids is 1. The average molecular weight is 214 g/mol. The van der Waals surface area contributed by atoms with Gasteiger partial charge in [0.05, 0.1) is 5.60 Å². The van der Waals surface area contributed by atoms with Crippen LogP contribution in [0.3, 0.4) is 0 Å². The quantitative estimate of drug-likeness (QED) is 0.523. The molecule has 0 amide bonds. The number of aliphatic carboxylic acids is 1. The van der Waals surface area contributed by atoms with E-state index >= 15 is 0 Å². The maximum absolute atomic E-state index is 10.5. The summed E-state index contributed by atoms with van der Waals surface area (Å²) >= 11 is 0. The molecule has 0 saturated heterocycles. The number of rotatable bonds is 7. The van der Waals surface area contributed by atoms with Gasteiger partial charge in [-0.2, -0.15) is 0 Å². The minimum Gasteiger partial charge on any atom is -0.478 e. The van der Waals surface area contributed by atoms with Crippen LogP contribution >= 0.6 is 0 Å². The SMILES string of the molecule is CCCCCOC(C)(C)C(C)=CC(=O)O. The topological polar surface area (TPSA) is 46.5 Å². The Kier molecular flexibility index (Phi) is 6.25. The molecule has 0 heterocycles. The Hall–Kier alpha value is -0.830. The first-order valence-electron chi connectivity index (χ1n) is 5.45. The Bertz CT molecular complexity index is 229. The molecule has 88 valence electrons. The number of hydrogen-bond acceptors (Lipinski definition) is 2. The normalized spacial score (nSPS) is 12.9. The molecule has 0 radical (unpaired) electrons. The number of ether oxygens (including phenoxy) is 1. The van der Waals surface area contributed by atoms with Gasteiger partial charge in [0.25, 0.3) is 0 Å². The van der Waals surface area contributed by atoms with Crippen LogP contribution in [0.2, 0.25) is 0 Å². The lowest BCUT2D eigenvalue weighted by atomic mass is 9.99. The van der Waals surface area contributed by atoms with E-state index in [1.807, 2.05) is 13.8 Å². The van der Waals surface area contributed by atoms with Gasteiger partial charge in [-0.15, -0.1) is 0 Å². The van der Waals surface area contributed by atoms with Crippen LogP contribution in [0.4, 0.5) is 0 Å². The van der Waals surface area contributed by atoms with Gasteiger partial charge in [-0.1, -0.05) is 19.8 Å². The van der Waals surface area contributed by atoms with Gasteiger partial charge in [0, 0.05) is 12.7 Å². The van der Waals surface area contributed by atoms with Crippen LogP contribution < -0.4 is 0 Å². The third-order valence-corrected chi connectivity index (χ3v) is 2.50. The van der Waals surface area contributed by atoms with Gasteiger partial charge < -0.3 is 9.84 Å². The van der Waals surface area contributed by atoms with E-state index in [0.29, 0.717) is 6.61 Å². The summed E-state index contributed by atoms with van der Waals surface area (Å²) in [5, 5.41) is 8.62. The maximum Gasteiger partial charge on any atom is 0.328 e. The zero-order chi connectivity index (χ0) is 11.9. The minimum atomic E-state index is -0.919. The third-order valence-electron chi connectivity index (χ3n) is 2.50. The lowest BCUT2D eigenvalue weighted by Crippen LogP contribution is -2.27. The van der Waals surface area contributed by atoms with E-state index in [-0.39, 0.29) is 0 Å². The van der Waals surface area contributed by atoms with E-state index in [2.05, 4.69) is 6.92 Å². The van der Waals surface area contributed by atoms with Crippen molar-refractivity contribution < 1.29 is 14.6 Å². The second-order valence-electron chi connectivity index (χ2n) is 4.23. The zero-order valence-corrected chi connectivity index (χ0v) is 10.2. The standard InChI is InChI=1S/C12H22O3/c1-5-6-7-8-15-12(3,4)10(2)9-11(13)14/h9H,5-8H2,1-4H3,(H,13,14). The van der Waals surface area contributed by atoms with Crippen molar-refractivity contribution >= 4 is 5.97 Å². The van der Waals surface area contributed by atoms with Gasteiger partial charge in [0.15, 0.2) is 0 Å². The van der Waals surface area contributed by atoms with Gasteiger partial charge in [-0.3, -0.25) is 0 Å². The summed E-state index contributed by atoms with van der Waals surface area (Å²) in [6.07, 6.45) is 4.55. The molecule has 0 aliphatic carbocycles. The van der Waals surface area contributed by atoms with E-state index in [1.54, 1.807) is 6.92 Å². The summed E-state index contributed by atoms with van der Waals surface area (Å²) in [7, 11) is 0. The molecular weight excluding hydrogens is 192 g/mol. The second-order valence-corrected chi connectivity index (χ2v) is 4.23. The Morgan fingerprint density at radius 3 is 2.47 bits per heavy atom. The molecular formula is C12H22O3. The smallest absolute Gasteiger partial charge is 0.328 e. The van der Waals surface area contributed by atoms with Crippen molar-refractivity contribution in [2.75, 3.05) is 6.61 Å². The predicted molar refractivity (Wildman–Crippen MR) is 60.9 cm³/mol. The Morgan fingerprint density at radius 1 is 1.40 bits per heavy atom. The van der Waals surface area contributed by atoms with Crippen molar-refractivity contribution in [3.05, 3.63) is 11.6 Å². The summed E-state index contributed by atoms with van der Waals surface area (Å²) in [5.41, 5.74) is 0.262. The van der Waals surface area contributed by atoms with Gasteiger partial charge >= 0.3 is 5.97 Å². The van der Waals surface area contributed by atoms with E-state index < -0.39 is 11.6 Å². The van der Waals surface area contributed by atoms with Crippen LogP contribution in [0, 0.1) is 0 Å². The van der Waals surface area contributed by atoms with E-state index in [9.17, 15) is 4.79 Å². The largest absolute Gasteiger partial charge is 0.478 e. The monoisotopic (exact) mass is 214 g/mol. The Morgan fingerprint density at radius 2 is 2.00 bits per heavy atom. The lowest BCUT2D eigenvalue weighted by Gasteiger charge is -2.26. The molecule has 0 aromatic rings. The molecule has 3 nitrogen and oxygen atoms in total. The highest BCUT2D eigenvalue weighted by Crippen LogP contribution is 2.20. The fourth-order valence-electron chi connectivity index (χ4n) is 1.15. The molecule has 0 aromatic heterocycles. The number of carboxylic acid groups (broad SMARTS) is 1. The minimum absolute atomic E-state index is 0.480. The summed E-state index contributed by atoms with van der Waals surface area (Å²) < 4.78 is 5.66. The molecule has 3 heteroatoms. The average Bonchev–Trinajstić information content (AvgIpc) is 2.11. The highest BCUT2D eigenvalue weighted by molar-refractivity contribution is 5.80. The predicted octanol–water partition coefficient (Wildman–Crippen LogP) is 3.00. The molecule has 0 saturated carbocycles. The first-order valence-corrected chi connectivity index (χ1v) is 5.45. The second kappa shape index (κ2) is 6.62. The molecule has 15 heavy (non-hydrogen) atoms. The highest BCUT2D eigenvalue weighted by Gasteiger charge is 2.21. The van der Waals surface area contributed by atoms with Crippen LogP contribution in [0.15, 0.2) is 11.6 Å². The number of unbranched alkanes of at least 4 members (excludes halogenated alkanes) is 2.